The second-order valence-corrected chi connectivity index (χ2v) is 5.94. The van der Waals surface area contributed by atoms with Crippen LogP contribution in [0, 0.1) is 0 Å². The number of benzene rings is 1. The van der Waals surface area contributed by atoms with Gasteiger partial charge >= 0.3 is 5.97 Å². The maximum absolute atomic E-state index is 12.2. The topological polar surface area (TPSA) is 48.0 Å². The summed E-state index contributed by atoms with van der Waals surface area (Å²) in [4.78, 5) is 14.6. The van der Waals surface area contributed by atoms with Gasteiger partial charge in [0, 0.05) is 6.54 Å². The van der Waals surface area contributed by atoms with Crippen LogP contribution in [0.5, 0.6) is 11.5 Å². The molecule has 0 radical (unpaired) electrons. The van der Waals surface area contributed by atoms with Crippen molar-refractivity contribution in [3.63, 3.8) is 0 Å². The lowest BCUT2D eigenvalue weighted by atomic mass is 10.1. The molecular weight excluding hydrogens is 318 g/mol. The van der Waals surface area contributed by atoms with Crippen LogP contribution in [0.3, 0.4) is 0 Å². The van der Waals surface area contributed by atoms with Crippen LogP contribution in [-0.2, 0) is 4.74 Å². The number of rotatable bonds is 4. The molecule has 0 spiro atoms. The second-order valence-electron chi connectivity index (χ2n) is 5.94. The Bertz CT molecular complexity index is 531. The molecule has 0 saturated carbocycles. The molecule has 2 aliphatic heterocycles. The van der Waals surface area contributed by atoms with E-state index in [0.717, 1.165) is 19.6 Å². The van der Waals surface area contributed by atoms with Gasteiger partial charge in [-0.05, 0) is 51.1 Å². The quantitative estimate of drug-likeness (QED) is 0.691. The molecule has 128 valence electrons. The van der Waals surface area contributed by atoms with Crippen LogP contribution in [0.2, 0.25) is 0 Å². The molecule has 1 atom stereocenters. The summed E-state index contributed by atoms with van der Waals surface area (Å²) in [6, 6.07) is 5.19. The van der Waals surface area contributed by atoms with Crippen molar-refractivity contribution in [1.29, 1.82) is 0 Å². The van der Waals surface area contributed by atoms with E-state index in [1.807, 2.05) is 6.92 Å². The SMILES string of the molecule is CC(CN1CCCCC1)OC(=O)c1ccc2c(c1)OCCO2.[Cl-]. The molecule has 1 aromatic carbocycles. The highest BCUT2D eigenvalue weighted by Crippen LogP contribution is 2.31. The van der Waals surface area contributed by atoms with Gasteiger partial charge in [0.2, 0.25) is 0 Å². The van der Waals surface area contributed by atoms with Gasteiger partial charge < -0.3 is 26.6 Å². The van der Waals surface area contributed by atoms with Crippen molar-refractivity contribution in [3.8, 4) is 11.5 Å². The number of nitrogens with zero attached hydrogens (tertiary/aromatic N) is 1. The molecule has 23 heavy (non-hydrogen) atoms. The van der Waals surface area contributed by atoms with Crippen LogP contribution < -0.4 is 21.9 Å². The number of carbonyl (C=O) groups is 1. The van der Waals surface area contributed by atoms with Gasteiger partial charge in [0.1, 0.15) is 19.3 Å². The zero-order valence-corrected chi connectivity index (χ0v) is 14.2. The maximum Gasteiger partial charge on any atom is 0.338 e. The van der Waals surface area contributed by atoms with Gasteiger partial charge in [-0.3, -0.25) is 4.90 Å². The highest BCUT2D eigenvalue weighted by Gasteiger charge is 2.19. The molecule has 5 nitrogen and oxygen atoms in total. The fourth-order valence-corrected chi connectivity index (χ4v) is 2.96. The number of likely N-dealkylation sites (tertiary alicyclic amines) is 1. The molecule has 0 aliphatic carbocycles. The van der Waals surface area contributed by atoms with Crippen molar-refractivity contribution in [1.82, 2.24) is 4.90 Å². The van der Waals surface area contributed by atoms with E-state index >= 15 is 0 Å². The van der Waals surface area contributed by atoms with E-state index in [1.54, 1.807) is 18.2 Å². The van der Waals surface area contributed by atoms with Gasteiger partial charge in [-0.25, -0.2) is 4.79 Å². The molecule has 6 heteroatoms. The van der Waals surface area contributed by atoms with Crippen molar-refractivity contribution < 1.29 is 31.4 Å². The summed E-state index contributed by atoms with van der Waals surface area (Å²) in [5, 5.41) is 0. The Morgan fingerprint density at radius 3 is 2.61 bits per heavy atom. The van der Waals surface area contributed by atoms with Crippen molar-refractivity contribution in [2.24, 2.45) is 0 Å². The van der Waals surface area contributed by atoms with Crippen molar-refractivity contribution in [3.05, 3.63) is 23.8 Å². The first-order valence-corrected chi connectivity index (χ1v) is 8.05. The number of carbonyl (C=O) groups excluding carboxylic acids is 1. The van der Waals surface area contributed by atoms with Gasteiger partial charge in [0.05, 0.1) is 5.56 Å². The molecule has 1 saturated heterocycles. The van der Waals surface area contributed by atoms with E-state index in [0.29, 0.717) is 30.3 Å². The van der Waals surface area contributed by atoms with Crippen molar-refractivity contribution >= 4 is 5.97 Å². The molecule has 2 aliphatic rings. The third-order valence-corrected chi connectivity index (χ3v) is 4.05. The minimum Gasteiger partial charge on any atom is -1.00 e. The summed E-state index contributed by atoms with van der Waals surface area (Å²) in [6.07, 6.45) is 3.67. The molecule has 0 bridgehead atoms. The number of hydrogen-bond donors (Lipinski definition) is 0. The van der Waals surface area contributed by atoms with Gasteiger partial charge in [-0.15, -0.1) is 0 Å². The Hall–Kier alpha value is -1.46. The summed E-state index contributed by atoms with van der Waals surface area (Å²) in [7, 11) is 0. The van der Waals surface area contributed by atoms with E-state index in [1.165, 1.54) is 19.3 Å². The third-order valence-electron chi connectivity index (χ3n) is 4.05. The summed E-state index contributed by atoms with van der Waals surface area (Å²) in [5.41, 5.74) is 0.509. The van der Waals surface area contributed by atoms with E-state index in [9.17, 15) is 4.79 Å². The first kappa shape index (κ1) is 17.9. The predicted octanol–water partition coefficient (Wildman–Crippen LogP) is -0.507. The van der Waals surface area contributed by atoms with Gasteiger partial charge in [0.25, 0.3) is 0 Å². The molecule has 1 fully saturated rings. The van der Waals surface area contributed by atoms with Gasteiger partial charge in [-0.2, -0.15) is 0 Å². The highest BCUT2D eigenvalue weighted by molar-refractivity contribution is 5.90. The maximum atomic E-state index is 12.2. The number of esters is 1. The molecule has 0 N–H and O–H groups in total. The Morgan fingerprint density at radius 1 is 1.17 bits per heavy atom. The first-order valence-electron chi connectivity index (χ1n) is 8.05. The number of hydrogen-bond acceptors (Lipinski definition) is 5. The Labute approximate surface area is 143 Å². The van der Waals surface area contributed by atoms with Gasteiger partial charge in [-0.1, -0.05) is 6.42 Å². The average molecular weight is 341 g/mol. The van der Waals surface area contributed by atoms with Gasteiger partial charge in [0.15, 0.2) is 11.5 Å². The van der Waals surface area contributed by atoms with Crippen LogP contribution in [0.4, 0.5) is 0 Å². The second kappa shape index (κ2) is 8.41. The normalized spacial score (nSPS) is 18.7. The first-order chi connectivity index (χ1) is 10.7. The lowest BCUT2D eigenvalue weighted by Gasteiger charge is -2.28. The molecule has 1 aromatic rings. The fraction of sp³-hybridized carbons (Fsp3) is 0.588. The minimum absolute atomic E-state index is 0. The van der Waals surface area contributed by atoms with Crippen LogP contribution in [-0.4, -0.2) is 49.8 Å². The van der Waals surface area contributed by atoms with E-state index in [4.69, 9.17) is 14.2 Å². The number of halogens is 1. The lowest BCUT2D eigenvalue weighted by molar-refractivity contribution is -0.0000446. The van der Waals surface area contributed by atoms with Crippen molar-refractivity contribution in [2.45, 2.75) is 32.3 Å². The van der Waals surface area contributed by atoms with Crippen LogP contribution in [0.25, 0.3) is 0 Å². The van der Waals surface area contributed by atoms with Crippen LogP contribution in [0.1, 0.15) is 36.5 Å². The summed E-state index contributed by atoms with van der Waals surface area (Å²) < 4.78 is 16.5. The minimum atomic E-state index is -0.304. The number of fused-ring (bicyclic) bond motifs is 1. The Morgan fingerprint density at radius 2 is 1.87 bits per heavy atom. The average Bonchev–Trinajstić information content (AvgIpc) is 2.55. The van der Waals surface area contributed by atoms with Crippen molar-refractivity contribution in [2.75, 3.05) is 32.8 Å². The smallest absolute Gasteiger partial charge is 0.338 e. The van der Waals surface area contributed by atoms with Crippen LogP contribution >= 0.6 is 0 Å². The fourth-order valence-electron chi connectivity index (χ4n) is 2.96. The largest absolute Gasteiger partial charge is 1.00 e. The summed E-state index contributed by atoms with van der Waals surface area (Å²) in [5.74, 6) is 0.995. The van der Waals surface area contributed by atoms with E-state index in [-0.39, 0.29) is 24.5 Å². The molecule has 3 rings (SSSR count). The predicted molar refractivity (Wildman–Crippen MR) is 82.6 cm³/mol. The zero-order chi connectivity index (χ0) is 15.4. The lowest BCUT2D eigenvalue weighted by Crippen LogP contribution is -3.00. The standard InChI is InChI=1S/C17H23NO4.ClH/c1-13(12-18-7-3-2-4-8-18)22-17(19)14-5-6-15-16(11-14)21-10-9-20-15;/h5-6,11,13H,2-4,7-10,12H2,1H3;1H/p-1. The molecule has 1 unspecified atom stereocenters. The monoisotopic (exact) mass is 340 g/mol. The zero-order valence-electron chi connectivity index (χ0n) is 13.4. The number of ether oxygens (including phenoxy) is 3. The summed E-state index contributed by atoms with van der Waals surface area (Å²) in [6.45, 7) is 6.01. The molecule has 2 heterocycles. The molecular formula is C17H23ClNO4-. The van der Waals surface area contributed by atoms with E-state index in [2.05, 4.69) is 4.90 Å². The highest BCUT2D eigenvalue weighted by atomic mass is 35.5. The summed E-state index contributed by atoms with van der Waals surface area (Å²) >= 11 is 0. The Balaban J connectivity index is 0.00000192. The number of piperidine rings is 1. The van der Waals surface area contributed by atoms with Crippen LogP contribution in [0.15, 0.2) is 18.2 Å². The van der Waals surface area contributed by atoms with E-state index < -0.39 is 0 Å². The third kappa shape index (κ3) is 4.75. The molecule has 0 amide bonds. The Kier molecular flexibility index (Phi) is 6.54. The molecule has 0 aromatic heterocycles.